The van der Waals surface area contributed by atoms with Crippen LogP contribution in [0.2, 0.25) is 10.0 Å². The van der Waals surface area contributed by atoms with Crippen LogP contribution in [0.25, 0.3) is 32.9 Å². The van der Waals surface area contributed by atoms with Crippen LogP contribution in [0.3, 0.4) is 0 Å². The molecular weight excluding hydrogens is 451 g/mol. The Morgan fingerprint density at radius 2 is 1.61 bits per heavy atom. The average Bonchev–Trinajstić information content (AvgIpc) is 3.09. The quantitative estimate of drug-likeness (QED) is 0.288. The van der Waals surface area contributed by atoms with E-state index in [-0.39, 0.29) is 0 Å². The third-order valence-corrected chi connectivity index (χ3v) is 6.87. The molecule has 0 unspecified atom stereocenters. The summed E-state index contributed by atoms with van der Waals surface area (Å²) >= 11 is 13.0. The number of carbonyl (C=O) groups excluding carboxylic acids is 1. The van der Waals surface area contributed by atoms with Crippen molar-refractivity contribution in [2.24, 2.45) is 5.73 Å². The van der Waals surface area contributed by atoms with Crippen LogP contribution in [-0.4, -0.2) is 10.5 Å². The molecule has 0 saturated heterocycles. The maximum atomic E-state index is 12.3. The molecule has 0 saturated carbocycles. The first kappa shape index (κ1) is 21.6. The fourth-order valence-corrected chi connectivity index (χ4v) is 5.21. The number of nitrogens with zero attached hydrogens (tertiary/aromatic N) is 1. The summed E-state index contributed by atoms with van der Waals surface area (Å²) in [6.07, 6.45) is 0. The SMILES string of the molecule is Cc1ccc(C)c(Cn2c3cc(-c4c(Cl)cccc4Cl)ccc3c3c(C(N)=O)cccc32)c1. The largest absolute Gasteiger partial charge is 0.366 e. The van der Waals surface area contributed by atoms with Gasteiger partial charge in [0.15, 0.2) is 0 Å². The molecular formula is C28H22Cl2N2O. The summed E-state index contributed by atoms with van der Waals surface area (Å²) in [5, 5.41) is 3.02. The van der Waals surface area contributed by atoms with Crippen molar-refractivity contribution in [3.8, 4) is 11.1 Å². The third-order valence-electron chi connectivity index (χ3n) is 6.24. The number of nitrogens with two attached hydrogens (primary N) is 1. The van der Waals surface area contributed by atoms with Crippen molar-refractivity contribution >= 4 is 50.9 Å². The number of hydrogen-bond donors (Lipinski definition) is 1. The molecule has 33 heavy (non-hydrogen) atoms. The number of halogens is 2. The molecule has 0 atom stereocenters. The molecule has 4 aromatic carbocycles. The van der Waals surface area contributed by atoms with Gasteiger partial charge in [-0.3, -0.25) is 4.79 Å². The smallest absolute Gasteiger partial charge is 0.249 e. The zero-order chi connectivity index (χ0) is 23.3. The minimum atomic E-state index is -0.440. The Kier molecular flexibility index (Phi) is 5.40. The highest BCUT2D eigenvalue weighted by Crippen LogP contribution is 2.39. The van der Waals surface area contributed by atoms with E-state index in [2.05, 4.69) is 42.7 Å². The van der Waals surface area contributed by atoms with Crippen molar-refractivity contribution in [1.82, 2.24) is 4.57 Å². The number of amides is 1. The number of fused-ring (bicyclic) bond motifs is 3. The zero-order valence-electron chi connectivity index (χ0n) is 18.3. The fourth-order valence-electron chi connectivity index (χ4n) is 4.59. The third kappa shape index (κ3) is 3.68. The van der Waals surface area contributed by atoms with Crippen molar-refractivity contribution in [2.45, 2.75) is 20.4 Å². The van der Waals surface area contributed by atoms with Crippen LogP contribution < -0.4 is 5.73 Å². The van der Waals surface area contributed by atoms with Crippen LogP contribution in [-0.2, 0) is 6.54 Å². The van der Waals surface area contributed by atoms with E-state index in [9.17, 15) is 4.79 Å². The van der Waals surface area contributed by atoms with E-state index in [4.69, 9.17) is 28.9 Å². The van der Waals surface area contributed by atoms with Crippen molar-refractivity contribution < 1.29 is 4.79 Å². The molecule has 5 heteroatoms. The summed E-state index contributed by atoms with van der Waals surface area (Å²) in [7, 11) is 0. The van der Waals surface area contributed by atoms with Crippen molar-refractivity contribution in [3.05, 3.63) is 105 Å². The summed E-state index contributed by atoms with van der Waals surface area (Å²) in [4.78, 5) is 12.3. The molecule has 5 rings (SSSR count). The second-order valence-electron chi connectivity index (χ2n) is 8.41. The Labute approximate surface area is 202 Å². The van der Waals surface area contributed by atoms with Crippen LogP contribution in [0.1, 0.15) is 27.0 Å². The molecule has 0 fully saturated rings. The highest BCUT2D eigenvalue weighted by Gasteiger charge is 2.19. The highest BCUT2D eigenvalue weighted by molar-refractivity contribution is 6.39. The van der Waals surface area contributed by atoms with E-state index >= 15 is 0 Å². The second kappa shape index (κ2) is 8.26. The lowest BCUT2D eigenvalue weighted by Gasteiger charge is -2.13. The minimum Gasteiger partial charge on any atom is -0.366 e. The van der Waals surface area contributed by atoms with Gasteiger partial charge in [-0.25, -0.2) is 0 Å². The second-order valence-corrected chi connectivity index (χ2v) is 9.22. The van der Waals surface area contributed by atoms with E-state index in [0.717, 1.165) is 32.9 Å². The van der Waals surface area contributed by atoms with Crippen LogP contribution in [0.5, 0.6) is 0 Å². The maximum absolute atomic E-state index is 12.3. The minimum absolute atomic E-state index is 0.440. The van der Waals surface area contributed by atoms with Crippen LogP contribution in [0.15, 0.2) is 72.8 Å². The Hall–Kier alpha value is -3.27. The van der Waals surface area contributed by atoms with Gasteiger partial charge in [-0.15, -0.1) is 0 Å². The number of carbonyl (C=O) groups is 1. The van der Waals surface area contributed by atoms with Gasteiger partial charge in [-0.1, -0.05) is 71.2 Å². The summed E-state index contributed by atoms with van der Waals surface area (Å²) in [6, 6.07) is 23.8. The molecule has 0 radical (unpaired) electrons. The number of hydrogen-bond acceptors (Lipinski definition) is 1. The summed E-state index contributed by atoms with van der Waals surface area (Å²) in [5.74, 6) is -0.440. The highest BCUT2D eigenvalue weighted by atomic mass is 35.5. The number of benzene rings is 4. The van der Waals surface area contributed by atoms with Gasteiger partial charge in [0, 0.05) is 38.5 Å². The standard InChI is InChI=1S/C28H22Cl2N2O/c1-16-9-10-17(2)19(13-16)15-32-24-8-3-5-21(28(31)33)27(24)20-12-11-18(14-25(20)32)26-22(29)6-4-7-23(26)30/h3-14H,15H2,1-2H3,(H2,31,33). The lowest BCUT2D eigenvalue weighted by molar-refractivity contribution is 0.100. The van der Waals surface area contributed by atoms with E-state index in [0.29, 0.717) is 22.2 Å². The number of primary amides is 1. The molecule has 1 amide bonds. The molecule has 1 aromatic heterocycles. The van der Waals surface area contributed by atoms with E-state index in [1.54, 1.807) is 6.07 Å². The van der Waals surface area contributed by atoms with Gasteiger partial charge in [-0.2, -0.15) is 0 Å². The first-order valence-corrected chi connectivity index (χ1v) is 11.5. The van der Waals surface area contributed by atoms with Gasteiger partial charge in [0.25, 0.3) is 0 Å². The van der Waals surface area contributed by atoms with E-state index < -0.39 is 5.91 Å². The molecule has 0 aliphatic rings. The first-order chi connectivity index (χ1) is 15.8. The van der Waals surface area contributed by atoms with Gasteiger partial charge >= 0.3 is 0 Å². The normalized spacial score (nSPS) is 11.4. The van der Waals surface area contributed by atoms with Gasteiger partial charge in [0.1, 0.15) is 0 Å². The number of aromatic nitrogens is 1. The van der Waals surface area contributed by atoms with Gasteiger partial charge < -0.3 is 10.3 Å². The van der Waals surface area contributed by atoms with Crippen molar-refractivity contribution in [1.29, 1.82) is 0 Å². The fraction of sp³-hybridized carbons (Fsp3) is 0.107. The summed E-state index contributed by atoms with van der Waals surface area (Å²) in [5.41, 5.74) is 13.6. The Balaban J connectivity index is 1.85. The zero-order valence-corrected chi connectivity index (χ0v) is 19.8. The van der Waals surface area contributed by atoms with Crippen molar-refractivity contribution in [2.75, 3.05) is 0 Å². The molecule has 0 spiro atoms. The van der Waals surface area contributed by atoms with Crippen LogP contribution >= 0.6 is 23.2 Å². The molecule has 1 heterocycles. The number of aryl methyl sites for hydroxylation is 2. The first-order valence-electron chi connectivity index (χ1n) is 10.7. The van der Waals surface area contributed by atoms with Gasteiger partial charge in [0.05, 0.1) is 11.0 Å². The molecule has 2 N–H and O–H groups in total. The molecule has 0 bridgehead atoms. The average molecular weight is 473 g/mol. The molecule has 164 valence electrons. The Morgan fingerprint density at radius 3 is 2.33 bits per heavy atom. The molecule has 0 aliphatic heterocycles. The lowest BCUT2D eigenvalue weighted by atomic mass is 10.0. The van der Waals surface area contributed by atoms with Gasteiger partial charge in [0.2, 0.25) is 5.91 Å². The van der Waals surface area contributed by atoms with Crippen LogP contribution in [0.4, 0.5) is 0 Å². The van der Waals surface area contributed by atoms with E-state index in [1.807, 2.05) is 42.5 Å². The molecule has 0 aliphatic carbocycles. The summed E-state index contributed by atoms with van der Waals surface area (Å²) in [6.45, 7) is 4.87. The maximum Gasteiger partial charge on any atom is 0.249 e. The van der Waals surface area contributed by atoms with E-state index in [1.165, 1.54) is 16.7 Å². The predicted molar refractivity (Wildman–Crippen MR) is 138 cm³/mol. The monoisotopic (exact) mass is 472 g/mol. The van der Waals surface area contributed by atoms with Gasteiger partial charge in [-0.05, 0) is 60.9 Å². The molecule has 3 nitrogen and oxygen atoms in total. The Bertz CT molecular complexity index is 1550. The topological polar surface area (TPSA) is 48.0 Å². The summed E-state index contributed by atoms with van der Waals surface area (Å²) < 4.78 is 2.24. The predicted octanol–water partition coefficient (Wildman–Crippen LogP) is 7.53. The number of rotatable bonds is 4. The molecule has 5 aromatic rings. The lowest BCUT2D eigenvalue weighted by Crippen LogP contribution is -2.11. The Morgan fingerprint density at radius 1 is 0.879 bits per heavy atom. The van der Waals surface area contributed by atoms with Crippen molar-refractivity contribution in [3.63, 3.8) is 0 Å². The van der Waals surface area contributed by atoms with Crippen LogP contribution in [0, 0.1) is 13.8 Å².